The Morgan fingerprint density at radius 3 is 2.72 bits per heavy atom. The van der Waals surface area contributed by atoms with Crippen molar-refractivity contribution < 1.29 is 9.59 Å². The summed E-state index contributed by atoms with van der Waals surface area (Å²) >= 11 is 1.62. The van der Waals surface area contributed by atoms with E-state index < -0.39 is 0 Å². The Balaban J connectivity index is 1.77. The first-order valence-corrected chi connectivity index (χ1v) is 10.3. The molecule has 25 heavy (non-hydrogen) atoms. The maximum atomic E-state index is 12.2. The van der Waals surface area contributed by atoms with Gasteiger partial charge in [0, 0.05) is 36.9 Å². The summed E-state index contributed by atoms with van der Waals surface area (Å²) in [5.41, 5.74) is 1.97. The number of thioether (sulfide) groups is 1. The van der Waals surface area contributed by atoms with E-state index in [9.17, 15) is 9.59 Å². The van der Waals surface area contributed by atoms with Crippen molar-refractivity contribution >= 4 is 35.0 Å². The lowest BCUT2D eigenvalue weighted by Gasteiger charge is -2.19. The number of anilines is 2. The summed E-state index contributed by atoms with van der Waals surface area (Å²) in [6, 6.07) is 7.81. The van der Waals surface area contributed by atoms with Gasteiger partial charge >= 0.3 is 0 Å². The number of carbonyl (C=O) groups is 2. The Labute approximate surface area is 154 Å². The van der Waals surface area contributed by atoms with Crippen molar-refractivity contribution in [1.82, 2.24) is 5.32 Å². The summed E-state index contributed by atoms with van der Waals surface area (Å²) in [5.74, 6) is 1.36. The Bertz CT molecular complexity index is 574. The van der Waals surface area contributed by atoms with Crippen LogP contribution in [0.3, 0.4) is 0 Å². The minimum Gasteiger partial charge on any atom is -0.371 e. The van der Waals surface area contributed by atoms with Gasteiger partial charge < -0.3 is 15.5 Å². The number of benzene rings is 1. The van der Waals surface area contributed by atoms with Crippen LogP contribution in [0.2, 0.25) is 0 Å². The van der Waals surface area contributed by atoms with Crippen LogP contribution in [0, 0.1) is 0 Å². The second kappa shape index (κ2) is 10.3. The minimum atomic E-state index is -0.170. The van der Waals surface area contributed by atoms with Gasteiger partial charge in [-0.05, 0) is 50.1 Å². The first-order chi connectivity index (χ1) is 12.1. The highest BCUT2D eigenvalue weighted by Gasteiger charge is 2.14. The predicted octanol–water partition coefficient (Wildman–Crippen LogP) is 3.26. The second-order valence-electron chi connectivity index (χ2n) is 6.52. The van der Waals surface area contributed by atoms with Crippen LogP contribution < -0.4 is 15.5 Å². The maximum absolute atomic E-state index is 12.2. The molecule has 1 heterocycles. The zero-order valence-corrected chi connectivity index (χ0v) is 16.0. The number of carbonyl (C=O) groups excluding carboxylic acids is 2. The summed E-state index contributed by atoms with van der Waals surface area (Å²) in [6.45, 7) is 6.12. The third-order valence-electron chi connectivity index (χ3n) is 4.08. The van der Waals surface area contributed by atoms with Gasteiger partial charge in [-0.3, -0.25) is 9.59 Å². The van der Waals surface area contributed by atoms with Crippen LogP contribution in [-0.4, -0.2) is 42.5 Å². The SMILES string of the molecule is CCCSCC(=O)NC(C)CC(=O)Nc1cccc(N2CCCC2)c1. The summed E-state index contributed by atoms with van der Waals surface area (Å²) in [4.78, 5) is 26.3. The highest BCUT2D eigenvalue weighted by molar-refractivity contribution is 7.99. The van der Waals surface area contributed by atoms with E-state index in [2.05, 4.69) is 28.5 Å². The summed E-state index contributed by atoms with van der Waals surface area (Å²) in [7, 11) is 0. The summed E-state index contributed by atoms with van der Waals surface area (Å²) < 4.78 is 0. The van der Waals surface area contributed by atoms with E-state index >= 15 is 0 Å². The molecule has 2 amide bonds. The van der Waals surface area contributed by atoms with Gasteiger partial charge in [-0.25, -0.2) is 0 Å². The normalized spacial score (nSPS) is 15.0. The number of hydrogen-bond acceptors (Lipinski definition) is 4. The van der Waals surface area contributed by atoms with Gasteiger partial charge in [0.1, 0.15) is 0 Å². The van der Waals surface area contributed by atoms with Crippen LogP contribution in [0.25, 0.3) is 0 Å². The van der Waals surface area contributed by atoms with Crippen molar-refractivity contribution in [3.8, 4) is 0 Å². The standard InChI is InChI=1S/C19H29N3O2S/c1-3-11-25-14-19(24)20-15(2)12-18(23)21-16-7-6-8-17(13-16)22-9-4-5-10-22/h6-8,13,15H,3-5,9-12,14H2,1-2H3,(H,20,24)(H,21,23). The molecule has 1 aliphatic rings. The zero-order chi connectivity index (χ0) is 18.1. The van der Waals surface area contributed by atoms with Crippen LogP contribution in [-0.2, 0) is 9.59 Å². The molecule has 1 atom stereocenters. The fourth-order valence-corrected chi connectivity index (χ4v) is 3.62. The first-order valence-electron chi connectivity index (χ1n) is 9.10. The molecule has 0 saturated carbocycles. The lowest BCUT2D eigenvalue weighted by molar-refractivity contribution is -0.119. The lowest BCUT2D eigenvalue weighted by atomic mass is 10.2. The van der Waals surface area contributed by atoms with Crippen LogP contribution >= 0.6 is 11.8 Å². The number of rotatable bonds is 9. The van der Waals surface area contributed by atoms with Crippen molar-refractivity contribution in [2.75, 3.05) is 34.8 Å². The van der Waals surface area contributed by atoms with Gasteiger partial charge in [-0.2, -0.15) is 11.8 Å². The van der Waals surface area contributed by atoms with Gasteiger partial charge in [-0.1, -0.05) is 13.0 Å². The molecule has 0 bridgehead atoms. The van der Waals surface area contributed by atoms with Gasteiger partial charge in [0.25, 0.3) is 0 Å². The van der Waals surface area contributed by atoms with Crippen LogP contribution in [0.5, 0.6) is 0 Å². The molecule has 2 N–H and O–H groups in total. The Morgan fingerprint density at radius 1 is 1.24 bits per heavy atom. The Hall–Kier alpha value is -1.69. The van der Waals surface area contributed by atoms with Crippen molar-refractivity contribution in [2.24, 2.45) is 0 Å². The quantitative estimate of drug-likeness (QED) is 0.661. The molecule has 0 radical (unpaired) electrons. The van der Waals surface area contributed by atoms with Crippen LogP contribution in [0.4, 0.5) is 11.4 Å². The van der Waals surface area contributed by atoms with Crippen molar-refractivity contribution in [2.45, 2.75) is 45.6 Å². The molecule has 5 nitrogen and oxygen atoms in total. The van der Waals surface area contributed by atoms with Crippen molar-refractivity contribution in [3.05, 3.63) is 24.3 Å². The average molecular weight is 364 g/mol. The van der Waals surface area contributed by atoms with E-state index in [1.807, 2.05) is 25.1 Å². The lowest BCUT2D eigenvalue weighted by Crippen LogP contribution is -2.36. The largest absolute Gasteiger partial charge is 0.371 e. The van der Waals surface area contributed by atoms with Crippen molar-refractivity contribution in [1.29, 1.82) is 0 Å². The molecule has 0 aliphatic carbocycles. The molecule has 1 aromatic rings. The smallest absolute Gasteiger partial charge is 0.230 e. The molecule has 1 unspecified atom stereocenters. The molecular weight excluding hydrogens is 334 g/mol. The molecule has 1 aromatic carbocycles. The molecule has 0 aromatic heterocycles. The van der Waals surface area contributed by atoms with E-state index in [1.165, 1.54) is 12.8 Å². The topological polar surface area (TPSA) is 61.4 Å². The fraction of sp³-hybridized carbons (Fsp3) is 0.579. The van der Waals surface area contributed by atoms with Crippen LogP contribution in [0.1, 0.15) is 39.5 Å². The molecule has 1 fully saturated rings. The van der Waals surface area contributed by atoms with Gasteiger partial charge in [0.2, 0.25) is 11.8 Å². The van der Waals surface area contributed by atoms with E-state index in [1.54, 1.807) is 11.8 Å². The molecule has 0 spiro atoms. The van der Waals surface area contributed by atoms with Gasteiger partial charge in [0.05, 0.1) is 5.75 Å². The third-order valence-corrected chi connectivity index (χ3v) is 5.24. The molecular formula is C19H29N3O2S. The van der Waals surface area contributed by atoms with Gasteiger partial charge in [-0.15, -0.1) is 0 Å². The average Bonchev–Trinajstić information content (AvgIpc) is 3.09. The number of hydrogen-bond donors (Lipinski definition) is 2. The van der Waals surface area contributed by atoms with Gasteiger partial charge in [0.15, 0.2) is 0 Å². The Kier molecular flexibility index (Phi) is 8.12. The number of nitrogens with zero attached hydrogens (tertiary/aromatic N) is 1. The maximum Gasteiger partial charge on any atom is 0.230 e. The Morgan fingerprint density at radius 2 is 2.00 bits per heavy atom. The highest BCUT2D eigenvalue weighted by Crippen LogP contribution is 2.23. The first kappa shape index (κ1) is 19.6. The number of nitrogens with one attached hydrogen (secondary N) is 2. The minimum absolute atomic E-state index is 0.00483. The monoisotopic (exact) mass is 363 g/mol. The molecule has 6 heteroatoms. The second-order valence-corrected chi connectivity index (χ2v) is 7.62. The number of amides is 2. The third kappa shape index (κ3) is 6.98. The molecule has 138 valence electrons. The molecule has 1 aliphatic heterocycles. The van der Waals surface area contributed by atoms with E-state index in [-0.39, 0.29) is 24.3 Å². The van der Waals surface area contributed by atoms with Crippen molar-refractivity contribution in [3.63, 3.8) is 0 Å². The van der Waals surface area contributed by atoms with E-state index in [0.29, 0.717) is 5.75 Å². The predicted molar refractivity (Wildman–Crippen MR) is 106 cm³/mol. The molecule has 1 saturated heterocycles. The highest BCUT2D eigenvalue weighted by atomic mass is 32.2. The summed E-state index contributed by atoms with van der Waals surface area (Å²) in [6.07, 6.45) is 3.79. The van der Waals surface area contributed by atoms with E-state index in [0.717, 1.165) is 36.6 Å². The van der Waals surface area contributed by atoms with E-state index in [4.69, 9.17) is 0 Å². The fourth-order valence-electron chi connectivity index (χ4n) is 2.92. The summed E-state index contributed by atoms with van der Waals surface area (Å²) in [5, 5.41) is 5.82. The van der Waals surface area contributed by atoms with Crippen LogP contribution in [0.15, 0.2) is 24.3 Å². The molecule has 2 rings (SSSR count). The zero-order valence-electron chi connectivity index (χ0n) is 15.2.